The van der Waals surface area contributed by atoms with Crippen molar-refractivity contribution in [3.63, 3.8) is 0 Å². The fraction of sp³-hybridized carbons (Fsp3) is 0.217. The van der Waals surface area contributed by atoms with E-state index in [0.717, 1.165) is 16.7 Å². The fourth-order valence-corrected chi connectivity index (χ4v) is 3.26. The summed E-state index contributed by atoms with van der Waals surface area (Å²) >= 11 is 0. The number of carboxylic acid groups (broad SMARTS) is 1. The molecule has 2 aromatic carbocycles. The number of carbonyl (C=O) groups is 1. The van der Waals surface area contributed by atoms with E-state index in [0.29, 0.717) is 11.4 Å². The molecule has 3 rings (SSSR count). The van der Waals surface area contributed by atoms with Crippen LogP contribution in [0.4, 0.5) is 0 Å². The normalized spacial score (nSPS) is 12.7. The van der Waals surface area contributed by atoms with Gasteiger partial charge in [0.15, 0.2) is 5.82 Å². The van der Waals surface area contributed by atoms with Gasteiger partial charge in [-0.1, -0.05) is 72.8 Å². The number of aliphatic hydroxyl groups is 2. The zero-order valence-electron chi connectivity index (χ0n) is 17.5. The smallest absolute Gasteiger partial charge is 0.305 e. The highest BCUT2D eigenvalue weighted by Gasteiger charge is 2.18. The van der Waals surface area contributed by atoms with Crippen molar-refractivity contribution >= 4 is 17.1 Å². The van der Waals surface area contributed by atoms with Crippen LogP contribution in [-0.2, 0) is 11.8 Å². The molecule has 3 aromatic rings. The van der Waals surface area contributed by atoms with Crippen molar-refractivity contribution in [2.24, 2.45) is 7.05 Å². The summed E-state index contributed by atoms with van der Waals surface area (Å²) in [7, 11) is 1.73. The minimum atomic E-state index is -1.15. The molecular weight excluding hydrogens is 412 g/mol. The van der Waals surface area contributed by atoms with Crippen LogP contribution in [0, 0.1) is 0 Å². The predicted octanol–water partition coefficient (Wildman–Crippen LogP) is 1.49. The molecule has 2 atom stereocenters. The average Bonchev–Trinajstić information content (AvgIpc) is 3.17. The molecule has 0 bridgehead atoms. The Balaban J connectivity index is 0.00000363. The highest BCUT2D eigenvalue weighted by Crippen LogP contribution is 2.32. The second-order valence-corrected chi connectivity index (χ2v) is 7.06. The van der Waals surface area contributed by atoms with Crippen molar-refractivity contribution in [2.75, 3.05) is 0 Å². The summed E-state index contributed by atoms with van der Waals surface area (Å²) in [6.45, 7) is 0. The lowest BCUT2D eigenvalue weighted by Crippen LogP contribution is -2.19. The second kappa shape index (κ2) is 11.7. The van der Waals surface area contributed by atoms with Crippen molar-refractivity contribution < 1.29 is 25.6 Å². The zero-order chi connectivity index (χ0) is 22.2. The minimum Gasteiger partial charge on any atom is -0.481 e. The highest BCUT2D eigenvalue weighted by molar-refractivity contribution is 6.00. The molecule has 0 fully saturated rings. The molecule has 0 spiro atoms. The average molecular weight is 438 g/mol. The number of allylic oxidation sites excluding steroid dienone is 2. The van der Waals surface area contributed by atoms with Crippen LogP contribution in [0.25, 0.3) is 11.1 Å². The number of aliphatic carboxylic acids is 1. The summed E-state index contributed by atoms with van der Waals surface area (Å²) in [6.07, 6.45) is 0.501. The maximum absolute atomic E-state index is 10.8. The van der Waals surface area contributed by atoms with Crippen molar-refractivity contribution in [3.05, 3.63) is 89.8 Å². The van der Waals surface area contributed by atoms with Gasteiger partial charge in [0.1, 0.15) is 0 Å². The lowest BCUT2D eigenvalue weighted by atomic mass is 9.92. The summed E-state index contributed by atoms with van der Waals surface area (Å²) in [5.41, 5.74) is 3.43. The van der Waals surface area contributed by atoms with E-state index in [2.05, 4.69) is 15.5 Å². The molecule has 1 heterocycles. The van der Waals surface area contributed by atoms with E-state index < -0.39 is 24.6 Å². The first-order valence-corrected chi connectivity index (χ1v) is 9.79. The zero-order valence-corrected chi connectivity index (χ0v) is 17.5. The Morgan fingerprint density at radius 1 is 1.03 bits per heavy atom. The highest BCUT2D eigenvalue weighted by atomic mass is 16.4. The fourth-order valence-electron chi connectivity index (χ4n) is 3.26. The number of hydrogen-bond donors (Lipinski definition) is 3. The third kappa shape index (κ3) is 6.42. The first-order chi connectivity index (χ1) is 15.0. The molecule has 0 radical (unpaired) electrons. The van der Waals surface area contributed by atoms with Crippen LogP contribution < -0.4 is 0 Å². The van der Waals surface area contributed by atoms with Crippen molar-refractivity contribution in [3.8, 4) is 0 Å². The summed E-state index contributed by atoms with van der Waals surface area (Å²) < 4.78 is 1.54. The lowest BCUT2D eigenvalue weighted by Gasteiger charge is -2.15. The van der Waals surface area contributed by atoms with Crippen LogP contribution in [0.5, 0.6) is 0 Å². The number of nitrogens with zero attached hydrogens (tertiary/aromatic N) is 4. The number of carboxylic acids is 1. The minimum absolute atomic E-state index is 0. The molecule has 2 unspecified atom stereocenters. The molecule has 9 nitrogen and oxygen atoms in total. The van der Waals surface area contributed by atoms with Crippen LogP contribution in [0.3, 0.4) is 0 Å². The Bertz CT molecular complexity index is 1020. The van der Waals surface area contributed by atoms with E-state index in [1.54, 1.807) is 13.1 Å². The Kier molecular flexibility index (Phi) is 8.96. The van der Waals surface area contributed by atoms with Gasteiger partial charge in [-0.3, -0.25) is 4.79 Å². The summed E-state index contributed by atoms with van der Waals surface area (Å²) in [4.78, 5) is 10.8. The van der Waals surface area contributed by atoms with Gasteiger partial charge in [-0.2, -0.15) is 0 Å². The molecule has 0 amide bonds. The largest absolute Gasteiger partial charge is 0.481 e. The Morgan fingerprint density at radius 2 is 1.59 bits per heavy atom. The van der Waals surface area contributed by atoms with Gasteiger partial charge in [0.25, 0.3) is 0 Å². The summed E-state index contributed by atoms with van der Waals surface area (Å²) in [6, 6.07) is 19.5. The van der Waals surface area contributed by atoms with Crippen LogP contribution in [-0.4, -0.2) is 59.2 Å². The number of aromatic nitrogens is 4. The van der Waals surface area contributed by atoms with Crippen molar-refractivity contribution in [2.45, 2.75) is 25.0 Å². The Morgan fingerprint density at radius 3 is 2.06 bits per heavy atom. The predicted molar refractivity (Wildman–Crippen MR) is 119 cm³/mol. The van der Waals surface area contributed by atoms with Crippen LogP contribution in [0.15, 0.2) is 72.8 Å². The first-order valence-electron chi connectivity index (χ1n) is 9.79. The van der Waals surface area contributed by atoms with Crippen LogP contribution in [0.1, 0.15) is 29.8 Å². The van der Waals surface area contributed by atoms with E-state index in [9.17, 15) is 15.0 Å². The van der Waals surface area contributed by atoms with E-state index >= 15 is 0 Å². The number of benzene rings is 2. The standard InChI is InChI=1S/C23H24N4O4.H2O/c1-27-23(24-25-26-27)20(13-12-18(28)14-19(29)15-21(30)31)22(16-8-4-2-5-9-16)17-10-6-3-7-11-17;/h2-13,18-19,28-29H,14-15H2,1H3,(H,30,31);1H2/b13-12+;. The quantitative estimate of drug-likeness (QED) is 0.428. The molecule has 0 aliphatic carbocycles. The Hall–Kier alpha value is -3.66. The third-order valence-electron chi connectivity index (χ3n) is 4.66. The molecule has 0 saturated carbocycles. The van der Waals surface area contributed by atoms with E-state index in [1.165, 1.54) is 10.8 Å². The SMILES string of the molecule is Cn1nnnc1C(/C=C/C(O)CC(O)CC(=O)O)=C(c1ccccc1)c1ccccc1.O. The van der Waals surface area contributed by atoms with E-state index in [1.807, 2.05) is 60.7 Å². The van der Waals surface area contributed by atoms with Crippen LogP contribution >= 0.6 is 0 Å². The van der Waals surface area contributed by atoms with Gasteiger partial charge in [-0.05, 0) is 27.1 Å². The van der Waals surface area contributed by atoms with Gasteiger partial charge in [-0.15, -0.1) is 5.10 Å². The summed E-state index contributed by atoms with van der Waals surface area (Å²) in [5, 5.41) is 40.8. The molecule has 0 saturated heterocycles. The molecule has 168 valence electrons. The van der Waals surface area contributed by atoms with Crippen molar-refractivity contribution in [1.29, 1.82) is 0 Å². The number of rotatable bonds is 9. The number of aryl methyl sites for hydroxylation is 1. The maximum atomic E-state index is 10.8. The van der Waals surface area contributed by atoms with Gasteiger partial charge in [0.05, 0.1) is 18.6 Å². The lowest BCUT2D eigenvalue weighted by molar-refractivity contribution is -0.139. The van der Waals surface area contributed by atoms with Gasteiger partial charge < -0.3 is 20.8 Å². The second-order valence-electron chi connectivity index (χ2n) is 7.06. The van der Waals surface area contributed by atoms with Gasteiger partial charge >= 0.3 is 5.97 Å². The molecule has 32 heavy (non-hydrogen) atoms. The van der Waals surface area contributed by atoms with E-state index in [4.69, 9.17) is 5.11 Å². The third-order valence-corrected chi connectivity index (χ3v) is 4.66. The topological polar surface area (TPSA) is 153 Å². The molecular formula is C23H26N4O5. The van der Waals surface area contributed by atoms with E-state index in [-0.39, 0.29) is 11.9 Å². The molecule has 1 aromatic heterocycles. The van der Waals surface area contributed by atoms with Gasteiger partial charge in [0.2, 0.25) is 0 Å². The number of aliphatic hydroxyl groups excluding tert-OH is 2. The number of hydrogen-bond acceptors (Lipinski definition) is 6. The molecule has 5 N–H and O–H groups in total. The van der Waals surface area contributed by atoms with Crippen LogP contribution in [0.2, 0.25) is 0 Å². The first kappa shape index (κ1) is 24.6. The molecule has 9 heteroatoms. The number of tetrazole rings is 1. The Labute approximate surface area is 185 Å². The maximum Gasteiger partial charge on any atom is 0.305 e. The van der Waals surface area contributed by atoms with Gasteiger partial charge in [-0.25, -0.2) is 4.68 Å². The van der Waals surface area contributed by atoms with Gasteiger partial charge in [0, 0.05) is 19.0 Å². The molecule has 0 aliphatic rings. The monoisotopic (exact) mass is 438 g/mol. The molecule has 0 aliphatic heterocycles. The summed E-state index contributed by atoms with van der Waals surface area (Å²) in [5.74, 6) is -0.623. The van der Waals surface area contributed by atoms with Crippen molar-refractivity contribution in [1.82, 2.24) is 20.2 Å².